The number of amides is 4. The quantitative estimate of drug-likeness (QED) is 0.267. The van der Waals surface area contributed by atoms with Crippen LogP contribution in [0.25, 0.3) is 0 Å². The maximum absolute atomic E-state index is 12.6. The van der Waals surface area contributed by atoms with Gasteiger partial charge in [0.25, 0.3) is 5.91 Å². The maximum atomic E-state index is 12.6. The predicted molar refractivity (Wildman–Crippen MR) is 140 cm³/mol. The van der Waals surface area contributed by atoms with Gasteiger partial charge in [-0.25, -0.2) is 9.78 Å². The van der Waals surface area contributed by atoms with Crippen molar-refractivity contribution in [2.75, 3.05) is 10.6 Å². The van der Waals surface area contributed by atoms with E-state index in [1.165, 1.54) is 12.0 Å². The summed E-state index contributed by atoms with van der Waals surface area (Å²) in [6.45, 7) is 2.14. The Morgan fingerprint density at radius 3 is 2.43 bits per heavy atom. The first-order valence-electron chi connectivity index (χ1n) is 12.8. The fourth-order valence-corrected chi connectivity index (χ4v) is 4.75. The molecule has 7 N–H and O–H groups in total. The molecule has 1 atom stereocenters. The lowest BCUT2D eigenvalue weighted by atomic mass is 9.88. The Hall–Kier alpha value is -4.08. The zero-order chi connectivity index (χ0) is 26.4. The average Bonchev–Trinajstić information content (AvgIpc) is 3.52. The molecule has 0 radical (unpaired) electrons. The Morgan fingerprint density at radius 2 is 1.78 bits per heavy atom. The van der Waals surface area contributed by atoms with Gasteiger partial charge in [0.2, 0.25) is 5.91 Å². The zero-order valence-corrected chi connectivity index (χ0v) is 21.0. The molecule has 1 aliphatic rings. The van der Waals surface area contributed by atoms with E-state index in [9.17, 15) is 14.4 Å². The fourth-order valence-electron chi connectivity index (χ4n) is 4.75. The summed E-state index contributed by atoms with van der Waals surface area (Å²) in [5, 5.41) is 5.27. The third-order valence-electron chi connectivity index (χ3n) is 6.72. The number of hydrogen-bond acceptors (Lipinski definition) is 5. The molecule has 1 saturated carbocycles. The van der Waals surface area contributed by atoms with Gasteiger partial charge in [-0.1, -0.05) is 44.7 Å². The highest BCUT2D eigenvalue weighted by molar-refractivity contribution is 6.04. The van der Waals surface area contributed by atoms with Crippen molar-refractivity contribution in [1.82, 2.24) is 9.97 Å². The van der Waals surface area contributed by atoms with E-state index in [1.54, 1.807) is 6.07 Å². The van der Waals surface area contributed by atoms with Crippen molar-refractivity contribution in [3.63, 3.8) is 0 Å². The number of carbonyl (C=O) groups excluding carboxylic acids is 3. The SMILES string of the molecule is CCCCc1ccc(NC(=O)Nc2[nH]c(C(C(N)=O)c3ccc(C4CCCCC4)o3)nc2C(N)=O)cc1. The van der Waals surface area contributed by atoms with Crippen LogP contribution in [0.1, 0.15) is 97.1 Å². The summed E-state index contributed by atoms with van der Waals surface area (Å²) in [4.78, 5) is 44.2. The Morgan fingerprint density at radius 1 is 1.05 bits per heavy atom. The van der Waals surface area contributed by atoms with Gasteiger partial charge in [-0.05, 0) is 55.5 Å². The van der Waals surface area contributed by atoms with Crippen LogP contribution in [0, 0.1) is 0 Å². The Labute approximate surface area is 215 Å². The minimum atomic E-state index is -1.08. The number of benzene rings is 1. The lowest BCUT2D eigenvalue weighted by Gasteiger charge is -2.19. The number of nitrogens with zero attached hydrogens (tertiary/aromatic N) is 1. The normalized spacial score (nSPS) is 14.7. The molecule has 1 fully saturated rings. The van der Waals surface area contributed by atoms with Crippen LogP contribution in [-0.2, 0) is 11.2 Å². The predicted octanol–water partition coefficient (Wildman–Crippen LogP) is 4.75. The molecule has 2 heterocycles. The molecule has 1 unspecified atom stereocenters. The van der Waals surface area contributed by atoms with Crippen molar-refractivity contribution in [1.29, 1.82) is 0 Å². The number of unbranched alkanes of at least 4 members (excludes halogenated alkanes) is 1. The van der Waals surface area contributed by atoms with Gasteiger partial charge in [-0.3, -0.25) is 14.9 Å². The third kappa shape index (κ3) is 6.38. The van der Waals surface area contributed by atoms with Crippen LogP contribution in [0.3, 0.4) is 0 Å². The van der Waals surface area contributed by atoms with Crippen molar-refractivity contribution < 1.29 is 18.8 Å². The van der Waals surface area contributed by atoms with Crippen molar-refractivity contribution in [3.8, 4) is 0 Å². The molecule has 1 aliphatic carbocycles. The Balaban J connectivity index is 1.51. The topological polar surface area (TPSA) is 169 Å². The lowest BCUT2D eigenvalue weighted by Crippen LogP contribution is -2.23. The molecule has 4 rings (SSSR count). The summed E-state index contributed by atoms with van der Waals surface area (Å²) in [6.07, 6.45) is 8.73. The van der Waals surface area contributed by atoms with Crippen molar-refractivity contribution in [2.45, 2.75) is 70.1 Å². The number of anilines is 2. The van der Waals surface area contributed by atoms with Crippen LogP contribution in [0.2, 0.25) is 0 Å². The van der Waals surface area contributed by atoms with E-state index in [-0.39, 0.29) is 17.3 Å². The maximum Gasteiger partial charge on any atom is 0.324 e. The molecular weight excluding hydrogens is 472 g/mol. The highest BCUT2D eigenvalue weighted by Crippen LogP contribution is 2.36. The number of primary amides is 2. The van der Waals surface area contributed by atoms with E-state index >= 15 is 0 Å². The highest BCUT2D eigenvalue weighted by Gasteiger charge is 2.31. The van der Waals surface area contributed by atoms with Crippen LogP contribution >= 0.6 is 0 Å². The first kappa shape index (κ1) is 26.0. The second-order valence-corrected chi connectivity index (χ2v) is 9.50. The van der Waals surface area contributed by atoms with Gasteiger partial charge in [0.1, 0.15) is 23.2 Å². The highest BCUT2D eigenvalue weighted by atomic mass is 16.3. The van der Waals surface area contributed by atoms with Gasteiger partial charge < -0.3 is 26.2 Å². The summed E-state index contributed by atoms with van der Waals surface area (Å²) in [5.74, 6) is -1.22. The van der Waals surface area contributed by atoms with Gasteiger partial charge >= 0.3 is 6.03 Å². The smallest absolute Gasteiger partial charge is 0.324 e. The number of aryl methyl sites for hydroxylation is 1. The van der Waals surface area contributed by atoms with E-state index in [1.807, 2.05) is 30.3 Å². The average molecular weight is 507 g/mol. The molecule has 10 nitrogen and oxygen atoms in total. The Kier molecular flexibility index (Phi) is 8.27. The lowest BCUT2D eigenvalue weighted by molar-refractivity contribution is -0.119. The fraction of sp³-hybridized carbons (Fsp3) is 0.407. The van der Waals surface area contributed by atoms with Gasteiger partial charge in [-0.2, -0.15) is 0 Å². The second-order valence-electron chi connectivity index (χ2n) is 9.50. The first-order chi connectivity index (χ1) is 17.9. The molecule has 4 amide bonds. The molecule has 0 bridgehead atoms. The second kappa shape index (κ2) is 11.8. The van der Waals surface area contributed by atoms with Crippen LogP contribution in [0.4, 0.5) is 16.3 Å². The number of nitrogens with one attached hydrogen (secondary N) is 3. The summed E-state index contributed by atoms with van der Waals surface area (Å²) in [5.41, 5.74) is 12.7. The Bertz CT molecular complexity index is 1240. The largest absolute Gasteiger partial charge is 0.464 e. The molecule has 37 heavy (non-hydrogen) atoms. The summed E-state index contributed by atoms with van der Waals surface area (Å²) in [7, 11) is 0. The molecule has 0 saturated heterocycles. The van der Waals surface area contributed by atoms with Crippen LogP contribution in [0.5, 0.6) is 0 Å². The van der Waals surface area contributed by atoms with Crippen LogP contribution in [-0.4, -0.2) is 27.8 Å². The van der Waals surface area contributed by atoms with Gasteiger partial charge in [0.15, 0.2) is 11.6 Å². The number of imidazole rings is 1. The third-order valence-corrected chi connectivity index (χ3v) is 6.72. The molecule has 196 valence electrons. The zero-order valence-electron chi connectivity index (χ0n) is 21.0. The minimum Gasteiger partial charge on any atom is -0.464 e. The van der Waals surface area contributed by atoms with Gasteiger partial charge in [0, 0.05) is 11.6 Å². The number of hydrogen-bond donors (Lipinski definition) is 5. The van der Waals surface area contributed by atoms with E-state index < -0.39 is 23.8 Å². The molecular formula is C27H34N6O4. The first-order valence-corrected chi connectivity index (χ1v) is 12.8. The number of aromatic amines is 1. The molecule has 2 aromatic heterocycles. The number of carbonyl (C=O) groups is 3. The molecule has 3 aromatic rings. The van der Waals surface area contributed by atoms with Crippen LogP contribution < -0.4 is 22.1 Å². The number of rotatable bonds is 10. The monoisotopic (exact) mass is 506 g/mol. The summed E-state index contributed by atoms with van der Waals surface area (Å²) in [6, 6.07) is 10.5. The number of urea groups is 1. The number of furan rings is 1. The van der Waals surface area contributed by atoms with Crippen molar-refractivity contribution in [2.24, 2.45) is 11.5 Å². The molecule has 1 aromatic carbocycles. The summed E-state index contributed by atoms with van der Waals surface area (Å²) >= 11 is 0. The molecule has 10 heteroatoms. The summed E-state index contributed by atoms with van der Waals surface area (Å²) < 4.78 is 6.03. The number of H-pyrrole nitrogens is 1. The van der Waals surface area contributed by atoms with Crippen molar-refractivity contribution in [3.05, 3.63) is 65.0 Å². The van der Waals surface area contributed by atoms with Gasteiger partial charge in [0.05, 0.1) is 0 Å². The van der Waals surface area contributed by atoms with Crippen molar-refractivity contribution >= 4 is 29.4 Å². The van der Waals surface area contributed by atoms with E-state index in [2.05, 4.69) is 27.5 Å². The molecule has 0 spiro atoms. The van der Waals surface area contributed by atoms with E-state index in [0.29, 0.717) is 17.4 Å². The standard InChI is InChI=1S/C27H34N6O4/c1-2-3-7-16-10-12-18(13-11-16)30-27(36)33-26-22(24(29)35)31-25(32-26)21(23(28)34)20-15-14-19(37-20)17-8-5-4-6-9-17/h10-15,17,21H,2-9H2,1H3,(H2,28,34)(H2,29,35)(H,31,32)(H2,30,33,36). The number of aromatic nitrogens is 2. The van der Waals surface area contributed by atoms with E-state index in [4.69, 9.17) is 15.9 Å². The molecule has 0 aliphatic heterocycles. The number of nitrogens with two attached hydrogens (primary N) is 2. The van der Waals surface area contributed by atoms with Gasteiger partial charge in [-0.15, -0.1) is 0 Å². The minimum absolute atomic E-state index is 0.0372. The van der Waals surface area contributed by atoms with Crippen LogP contribution in [0.15, 0.2) is 40.8 Å². The van der Waals surface area contributed by atoms with E-state index in [0.717, 1.165) is 50.7 Å².